The molecule has 0 aliphatic carbocycles. The topological polar surface area (TPSA) is 56.6 Å². The number of carbonyl (C=O) groups excluding carboxylic acids is 1. The second-order valence-electron chi connectivity index (χ2n) is 7.66. The first-order chi connectivity index (χ1) is 15.5. The highest BCUT2D eigenvalue weighted by Crippen LogP contribution is 2.27. The molecule has 0 spiro atoms. The first-order valence-electron chi connectivity index (χ1n) is 10.5. The maximum Gasteiger partial charge on any atom is 0.359 e. The second kappa shape index (κ2) is 9.48. The molecule has 6 nitrogen and oxygen atoms in total. The predicted molar refractivity (Wildman–Crippen MR) is 114 cm³/mol. The van der Waals surface area contributed by atoms with Crippen LogP contribution in [0.2, 0.25) is 0 Å². The summed E-state index contributed by atoms with van der Waals surface area (Å²) in [6.45, 7) is 3.55. The maximum absolute atomic E-state index is 14.1. The van der Waals surface area contributed by atoms with E-state index in [4.69, 9.17) is 9.47 Å². The standard InChI is InChI=1S/C24H25F2N3O3/c1-3-32-24(30)23-19-15-28(14-18-20(25)5-4-6-21(18)26)12-11-22(19)29(27-23)13-16-7-9-17(31-2)10-8-16/h4-10H,3,11-15H2,1-2H3. The monoisotopic (exact) mass is 441 g/mol. The van der Waals surface area contributed by atoms with E-state index in [0.29, 0.717) is 26.1 Å². The third kappa shape index (κ3) is 4.50. The Labute approximate surface area is 185 Å². The van der Waals surface area contributed by atoms with Gasteiger partial charge in [-0.2, -0.15) is 5.10 Å². The molecule has 4 rings (SSSR count). The fourth-order valence-electron chi connectivity index (χ4n) is 3.99. The Morgan fingerprint density at radius 1 is 1.09 bits per heavy atom. The summed E-state index contributed by atoms with van der Waals surface area (Å²) in [6.07, 6.45) is 0.605. The Morgan fingerprint density at radius 2 is 1.81 bits per heavy atom. The third-order valence-corrected chi connectivity index (χ3v) is 5.62. The van der Waals surface area contributed by atoms with Gasteiger partial charge in [0.15, 0.2) is 5.69 Å². The van der Waals surface area contributed by atoms with Crippen LogP contribution in [0.1, 0.15) is 39.8 Å². The number of hydrogen-bond donors (Lipinski definition) is 0. The number of aromatic nitrogens is 2. The van der Waals surface area contributed by atoms with Crippen molar-refractivity contribution in [2.75, 3.05) is 20.3 Å². The van der Waals surface area contributed by atoms with Gasteiger partial charge < -0.3 is 9.47 Å². The molecule has 2 heterocycles. The van der Waals surface area contributed by atoms with Crippen LogP contribution in [-0.4, -0.2) is 40.9 Å². The van der Waals surface area contributed by atoms with Gasteiger partial charge >= 0.3 is 5.97 Å². The van der Waals surface area contributed by atoms with Gasteiger partial charge in [-0.15, -0.1) is 0 Å². The van der Waals surface area contributed by atoms with Crippen LogP contribution in [0.5, 0.6) is 5.75 Å². The number of nitrogens with zero attached hydrogens (tertiary/aromatic N) is 3. The molecule has 2 aromatic carbocycles. The molecule has 8 heteroatoms. The normalized spacial score (nSPS) is 13.6. The lowest BCUT2D eigenvalue weighted by molar-refractivity contribution is 0.0515. The number of carbonyl (C=O) groups is 1. The summed E-state index contributed by atoms with van der Waals surface area (Å²) in [5.74, 6) is -0.871. The van der Waals surface area contributed by atoms with E-state index in [1.54, 1.807) is 14.0 Å². The number of fused-ring (bicyclic) bond motifs is 1. The van der Waals surface area contributed by atoms with Gasteiger partial charge in [0, 0.05) is 42.9 Å². The first-order valence-corrected chi connectivity index (χ1v) is 10.5. The summed E-state index contributed by atoms with van der Waals surface area (Å²) in [7, 11) is 1.61. The van der Waals surface area contributed by atoms with Gasteiger partial charge in [-0.05, 0) is 36.8 Å². The van der Waals surface area contributed by atoms with Crippen LogP contribution >= 0.6 is 0 Å². The van der Waals surface area contributed by atoms with Crippen LogP contribution in [0.25, 0.3) is 0 Å². The van der Waals surface area contributed by atoms with Crippen molar-refractivity contribution in [3.8, 4) is 5.75 Å². The molecule has 1 aliphatic heterocycles. The molecule has 0 radical (unpaired) electrons. The molecule has 0 fully saturated rings. The number of benzene rings is 2. The molecule has 0 unspecified atom stereocenters. The van der Waals surface area contributed by atoms with E-state index in [1.807, 2.05) is 33.8 Å². The fourth-order valence-corrected chi connectivity index (χ4v) is 3.99. The van der Waals surface area contributed by atoms with Gasteiger partial charge in [-0.1, -0.05) is 18.2 Å². The number of rotatable bonds is 7. The summed E-state index contributed by atoms with van der Waals surface area (Å²) in [5.41, 5.74) is 2.99. The zero-order valence-electron chi connectivity index (χ0n) is 18.1. The molecule has 32 heavy (non-hydrogen) atoms. The Hall–Kier alpha value is -3.26. The number of esters is 1. The minimum Gasteiger partial charge on any atom is -0.497 e. The molecule has 1 aromatic heterocycles. The lowest BCUT2D eigenvalue weighted by Gasteiger charge is -2.28. The van der Waals surface area contributed by atoms with E-state index in [0.717, 1.165) is 22.6 Å². The van der Waals surface area contributed by atoms with Crippen LogP contribution in [0.15, 0.2) is 42.5 Å². The molecular weight excluding hydrogens is 416 g/mol. The molecule has 3 aromatic rings. The van der Waals surface area contributed by atoms with Crippen molar-refractivity contribution in [2.24, 2.45) is 0 Å². The maximum atomic E-state index is 14.1. The van der Waals surface area contributed by atoms with Crippen LogP contribution in [0, 0.1) is 11.6 Å². The van der Waals surface area contributed by atoms with Crippen molar-refractivity contribution >= 4 is 5.97 Å². The largest absolute Gasteiger partial charge is 0.497 e. The van der Waals surface area contributed by atoms with Gasteiger partial charge in [0.1, 0.15) is 17.4 Å². The molecular formula is C24H25F2N3O3. The fraction of sp³-hybridized carbons (Fsp3) is 0.333. The summed E-state index contributed by atoms with van der Waals surface area (Å²) < 4.78 is 40.5. The van der Waals surface area contributed by atoms with Gasteiger partial charge in [-0.25, -0.2) is 13.6 Å². The average molecular weight is 441 g/mol. The Kier molecular flexibility index (Phi) is 6.50. The minimum absolute atomic E-state index is 0.0271. The SMILES string of the molecule is CCOC(=O)c1nn(Cc2ccc(OC)cc2)c2c1CN(Cc1c(F)cccc1F)CC2. The number of hydrogen-bond acceptors (Lipinski definition) is 5. The van der Waals surface area contributed by atoms with Crippen molar-refractivity contribution < 1.29 is 23.0 Å². The highest BCUT2D eigenvalue weighted by Gasteiger charge is 2.29. The molecule has 0 N–H and O–H groups in total. The Balaban J connectivity index is 1.62. The number of methoxy groups -OCH3 is 1. The molecule has 0 saturated heterocycles. The van der Waals surface area contributed by atoms with E-state index in [-0.39, 0.29) is 24.4 Å². The van der Waals surface area contributed by atoms with E-state index < -0.39 is 17.6 Å². The van der Waals surface area contributed by atoms with E-state index in [2.05, 4.69) is 5.10 Å². The predicted octanol–water partition coefficient (Wildman–Crippen LogP) is 3.95. The summed E-state index contributed by atoms with van der Waals surface area (Å²) in [6, 6.07) is 11.5. The van der Waals surface area contributed by atoms with Crippen molar-refractivity contribution in [2.45, 2.75) is 33.0 Å². The Morgan fingerprint density at radius 3 is 2.47 bits per heavy atom. The third-order valence-electron chi connectivity index (χ3n) is 5.62. The van der Waals surface area contributed by atoms with Gasteiger partial charge in [0.2, 0.25) is 0 Å². The van der Waals surface area contributed by atoms with E-state index in [1.165, 1.54) is 18.2 Å². The molecule has 0 saturated carbocycles. The van der Waals surface area contributed by atoms with Crippen LogP contribution < -0.4 is 4.74 Å². The van der Waals surface area contributed by atoms with E-state index in [9.17, 15) is 13.6 Å². The van der Waals surface area contributed by atoms with Gasteiger partial charge in [-0.3, -0.25) is 9.58 Å². The molecule has 0 amide bonds. The summed E-state index contributed by atoms with van der Waals surface area (Å²) in [4.78, 5) is 14.5. The average Bonchev–Trinajstić information content (AvgIpc) is 3.15. The molecule has 168 valence electrons. The number of halogens is 2. The smallest absolute Gasteiger partial charge is 0.359 e. The highest BCUT2D eigenvalue weighted by molar-refractivity contribution is 5.89. The van der Waals surface area contributed by atoms with Crippen molar-refractivity contribution in [3.63, 3.8) is 0 Å². The van der Waals surface area contributed by atoms with Gasteiger partial charge in [0.25, 0.3) is 0 Å². The summed E-state index contributed by atoms with van der Waals surface area (Å²) >= 11 is 0. The highest BCUT2D eigenvalue weighted by atomic mass is 19.1. The molecule has 0 bridgehead atoms. The molecule has 1 aliphatic rings. The Bertz CT molecular complexity index is 1090. The van der Waals surface area contributed by atoms with Crippen LogP contribution in [-0.2, 0) is 30.8 Å². The first kappa shape index (κ1) is 22.0. The van der Waals surface area contributed by atoms with Crippen LogP contribution in [0.3, 0.4) is 0 Å². The van der Waals surface area contributed by atoms with Crippen molar-refractivity contribution in [3.05, 3.63) is 82.2 Å². The minimum atomic E-state index is -0.573. The quantitative estimate of drug-likeness (QED) is 0.520. The summed E-state index contributed by atoms with van der Waals surface area (Å²) in [5, 5.41) is 4.56. The van der Waals surface area contributed by atoms with Gasteiger partial charge in [0.05, 0.1) is 20.3 Å². The lowest BCUT2D eigenvalue weighted by atomic mass is 10.0. The molecule has 0 atom stereocenters. The van der Waals surface area contributed by atoms with Crippen molar-refractivity contribution in [1.82, 2.24) is 14.7 Å². The second-order valence-corrected chi connectivity index (χ2v) is 7.66. The van der Waals surface area contributed by atoms with Crippen LogP contribution in [0.4, 0.5) is 8.78 Å². The lowest BCUT2D eigenvalue weighted by Crippen LogP contribution is -2.32. The number of ether oxygens (including phenoxy) is 2. The van der Waals surface area contributed by atoms with E-state index >= 15 is 0 Å². The zero-order chi connectivity index (χ0) is 22.7. The van der Waals surface area contributed by atoms with Crippen molar-refractivity contribution in [1.29, 1.82) is 0 Å². The zero-order valence-corrected chi connectivity index (χ0v) is 18.1.